The number of phenolic OH excluding ortho intramolecular Hbond substituents is 2. The maximum atomic E-state index is 13.6. The summed E-state index contributed by atoms with van der Waals surface area (Å²) >= 11 is -7.19. The van der Waals surface area contributed by atoms with E-state index >= 15 is 0 Å². The molecule has 0 atom stereocenters. The molecule has 0 aromatic heterocycles. The third kappa shape index (κ3) is 7.66. The number of alkyl halides is 6. The topological polar surface area (TPSA) is 58.9 Å². The van der Waals surface area contributed by atoms with E-state index < -0.39 is 56.5 Å². The van der Waals surface area contributed by atoms with Crippen LogP contribution in [0.2, 0.25) is 0 Å². The van der Waals surface area contributed by atoms with Gasteiger partial charge in [0.15, 0.2) is 0 Å². The molecule has 0 heterocycles. The van der Waals surface area contributed by atoms with Crippen LogP contribution in [0.25, 0.3) is 0 Å². The molecule has 4 aromatic rings. The molecule has 0 unspecified atom stereocenters. The minimum atomic E-state index is -4.25. The molecule has 224 valence electrons. The van der Waals surface area contributed by atoms with Crippen molar-refractivity contribution in [3.05, 3.63) is 105 Å². The zero-order valence-corrected chi connectivity index (χ0v) is 35.0. The van der Waals surface area contributed by atoms with Crippen molar-refractivity contribution >= 4 is 6.14 Å². The molecule has 0 saturated carbocycles. The second-order valence-electron chi connectivity index (χ2n) is 11.0. The standard InChI is InChI=1S/C30H26O4.2CF3.2Hg/c1-33-29-23-11-5-12-24(29)16-20-8-4-10-22(28(20)32)18-26-14-6-13-25(30(26)34-2)17-21-9-3-7-19(15-23)27(21)31;2*2-1(3)4;;/h5-14,31-32H,15-18H2,1-2H3;;;;. The normalized spacial score (nSPS) is 13.1. The molecule has 12 heteroatoms. The second kappa shape index (κ2) is 13.1. The first-order valence-electron chi connectivity index (χ1n) is 13.8. The first-order valence-corrected chi connectivity index (χ1v) is 24.8. The summed E-state index contributed by atoms with van der Waals surface area (Å²) in [7, 11) is 2.87. The number of para-hydroxylation sites is 2. The number of benzene rings is 4. The van der Waals surface area contributed by atoms with Crippen LogP contribution in [-0.4, -0.2) is 31.8 Å². The SMILES string of the molecule is COc1c2cccc1Cc1c[c]([Hg][C](F)(F)F)cc(c1O)Cc1cccc(c1OC)Cc1c[c]([Hg][C](F)(F)F)cc(c1O)C2. The molecule has 0 saturated heterocycles. The summed E-state index contributed by atoms with van der Waals surface area (Å²) < 4.78 is 85.0. The van der Waals surface area contributed by atoms with Gasteiger partial charge in [0.05, 0.1) is 0 Å². The quantitative estimate of drug-likeness (QED) is 0.166. The zero-order chi connectivity index (χ0) is 31.8. The van der Waals surface area contributed by atoms with Crippen LogP contribution < -0.4 is 15.6 Å². The summed E-state index contributed by atoms with van der Waals surface area (Å²) in [6.45, 7) is 0. The van der Waals surface area contributed by atoms with Crippen LogP contribution >= 0.6 is 0 Å². The van der Waals surface area contributed by atoms with E-state index in [0.29, 0.717) is 56.0 Å². The third-order valence-corrected chi connectivity index (χ3v) is 17.2. The summed E-state index contributed by atoms with van der Waals surface area (Å²) in [6, 6.07) is 16.1. The molecule has 1 aliphatic carbocycles. The van der Waals surface area contributed by atoms with Crippen LogP contribution in [0.3, 0.4) is 0 Å². The van der Waals surface area contributed by atoms with Crippen LogP contribution in [0.15, 0.2) is 60.7 Å². The van der Waals surface area contributed by atoms with Crippen molar-refractivity contribution in [3.8, 4) is 23.0 Å². The maximum absolute atomic E-state index is 13.6. The van der Waals surface area contributed by atoms with Gasteiger partial charge in [0, 0.05) is 0 Å². The fourth-order valence-corrected chi connectivity index (χ4v) is 15.1. The molecule has 1 aliphatic rings. The summed E-state index contributed by atoms with van der Waals surface area (Å²) in [4.78, 5) is 0. The number of aromatic hydroxyl groups is 2. The Labute approximate surface area is 274 Å². The van der Waals surface area contributed by atoms with Crippen molar-refractivity contribution in [2.75, 3.05) is 14.2 Å². The molecule has 5 rings (SSSR count). The summed E-state index contributed by atoms with van der Waals surface area (Å²) in [6.07, 6.45) is 0.258. The van der Waals surface area contributed by atoms with Crippen LogP contribution in [0.1, 0.15) is 44.5 Å². The first kappa shape index (κ1) is 32.9. The predicted molar refractivity (Wildman–Crippen MR) is 145 cm³/mol. The van der Waals surface area contributed by atoms with Gasteiger partial charge in [-0.15, -0.1) is 0 Å². The molecular weight excluding hydrogens is 964 g/mol. The minimum absolute atomic E-state index is 0.0645. The predicted octanol–water partition coefficient (Wildman–Crippen LogP) is 6.25. The van der Waals surface area contributed by atoms with Crippen molar-refractivity contribution in [3.63, 3.8) is 0 Å². The van der Waals surface area contributed by atoms with Gasteiger partial charge in [0.25, 0.3) is 0 Å². The molecule has 0 amide bonds. The first-order chi connectivity index (χ1) is 20.7. The molecule has 4 nitrogen and oxygen atoms in total. The molecule has 0 spiro atoms. The number of rotatable bonds is 4. The van der Waals surface area contributed by atoms with E-state index in [1.165, 1.54) is 38.5 Å². The molecule has 4 aromatic carbocycles. The van der Waals surface area contributed by atoms with Gasteiger partial charge in [-0.1, -0.05) is 0 Å². The van der Waals surface area contributed by atoms with E-state index in [-0.39, 0.29) is 43.3 Å². The summed E-state index contributed by atoms with van der Waals surface area (Å²) in [5, 5.41) is 22.8. The van der Waals surface area contributed by atoms with Gasteiger partial charge >= 0.3 is 277 Å². The number of fused-ring (bicyclic) bond motifs is 8. The van der Waals surface area contributed by atoms with Crippen LogP contribution in [0.4, 0.5) is 26.3 Å². The van der Waals surface area contributed by atoms with E-state index in [1.54, 1.807) is 36.4 Å². The van der Waals surface area contributed by atoms with Crippen molar-refractivity contribution in [2.24, 2.45) is 0 Å². The molecule has 0 radical (unpaired) electrons. The van der Waals surface area contributed by atoms with Gasteiger partial charge in [-0.25, -0.2) is 0 Å². The van der Waals surface area contributed by atoms with E-state index in [0.717, 1.165) is 0 Å². The zero-order valence-electron chi connectivity index (χ0n) is 24.0. The van der Waals surface area contributed by atoms with E-state index in [1.807, 2.05) is 0 Å². The van der Waals surface area contributed by atoms with Crippen LogP contribution in [-0.2, 0) is 74.8 Å². The monoisotopic (exact) mass is 992 g/mol. The number of methoxy groups -OCH3 is 2. The fourth-order valence-electron chi connectivity index (χ4n) is 6.05. The number of halogens is 6. The fraction of sp³-hybridized carbons (Fsp3) is 0.250. The van der Waals surface area contributed by atoms with Crippen LogP contribution in [0, 0.1) is 0 Å². The average Bonchev–Trinajstić information content (AvgIpc) is 2.92. The van der Waals surface area contributed by atoms with Crippen molar-refractivity contribution in [1.82, 2.24) is 0 Å². The Morgan fingerprint density at radius 2 is 0.795 bits per heavy atom. The Bertz CT molecular complexity index is 1490. The Hall–Kier alpha value is -2.47. The molecule has 2 N–H and O–H groups in total. The van der Waals surface area contributed by atoms with Crippen LogP contribution in [0.5, 0.6) is 23.0 Å². The molecule has 8 bridgehead atoms. The summed E-state index contributed by atoms with van der Waals surface area (Å²) in [5.41, 5.74) is 3.65. The molecular formula is C32H26F6Hg2O4. The molecule has 44 heavy (non-hydrogen) atoms. The van der Waals surface area contributed by atoms with Crippen molar-refractivity contribution < 1.29 is 95.2 Å². The van der Waals surface area contributed by atoms with E-state index in [9.17, 15) is 36.6 Å². The number of ether oxygens (including phenoxy) is 2. The van der Waals surface area contributed by atoms with Gasteiger partial charge in [0.1, 0.15) is 0 Å². The molecule has 0 fully saturated rings. The third-order valence-electron chi connectivity index (χ3n) is 7.75. The van der Waals surface area contributed by atoms with Crippen molar-refractivity contribution in [1.29, 1.82) is 0 Å². The Kier molecular flexibility index (Phi) is 9.80. The van der Waals surface area contributed by atoms with Gasteiger partial charge in [0.2, 0.25) is 0 Å². The molecule has 0 aliphatic heterocycles. The summed E-state index contributed by atoms with van der Waals surface area (Å²) in [5.74, 6) is 0.572. The van der Waals surface area contributed by atoms with Gasteiger partial charge in [-0.05, 0) is 0 Å². The Morgan fingerprint density at radius 1 is 0.523 bits per heavy atom. The number of hydrogen-bond acceptors (Lipinski definition) is 4. The Morgan fingerprint density at radius 3 is 1.02 bits per heavy atom. The Balaban J connectivity index is 1.76. The number of hydrogen-bond donors (Lipinski definition) is 2. The second-order valence-corrected chi connectivity index (χ2v) is 26.4. The van der Waals surface area contributed by atoms with E-state index in [2.05, 4.69) is 0 Å². The number of phenols is 2. The van der Waals surface area contributed by atoms with Gasteiger partial charge < -0.3 is 0 Å². The van der Waals surface area contributed by atoms with E-state index in [4.69, 9.17) is 9.47 Å². The van der Waals surface area contributed by atoms with Gasteiger partial charge in [-0.2, -0.15) is 0 Å². The average molecular weight is 990 g/mol. The van der Waals surface area contributed by atoms with Crippen molar-refractivity contribution in [2.45, 2.75) is 33.1 Å². The van der Waals surface area contributed by atoms with Gasteiger partial charge in [-0.3, -0.25) is 0 Å².